The van der Waals surface area contributed by atoms with E-state index >= 15 is 0 Å². The third-order valence-electron chi connectivity index (χ3n) is 2.88. The molecule has 16 heavy (non-hydrogen) atoms. The van der Waals surface area contributed by atoms with Crippen LogP contribution in [0.25, 0.3) is 0 Å². The van der Waals surface area contributed by atoms with E-state index in [1.807, 2.05) is 0 Å². The van der Waals surface area contributed by atoms with Gasteiger partial charge in [-0.3, -0.25) is 4.79 Å². The molecule has 0 aliphatic rings. The van der Waals surface area contributed by atoms with E-state index < -0.39 is 5.97 Å². The summed E-state index contributed by atoms with van der Waals surface area (Å²) in [7, 11) is 0. The van der Waals surface area contributed by atoms with Crippen molar-refractivity contribution in [2.24, 2.45) is 5.73 Å². The van der Waals surface area contributed by atoms with Crippen molar-refractivity contribution in [3.05, 3.63) is 0 Å². The number of hydrogen-bond acceptors (Lipinski definition) is 2. The Morgan fingerprint density at radius 2 is 1.62 bits per heavy atom. The average molecular weight is 229 g/mol. The second-order valence-electron chi connectivity index (χ2n) is 4.60. The monoisotopic (exact) mass is 229 g/mol. The zero-order chi connectivity index (χ0) is 12.2. The van der Waals surface area contributed by atoms with Crippen molar-refractivity contribution in [2.45, 2.75) is 77.2 Å². The van der Waals surface area contributed by atoms with Crippen LogP contribution in [0.4, 0.5) is 0 Å². The minimum atomic E-state index is -0.675. The number of unbranched alkanes of at least 4 members (excludes halogenated alkanes) is 5. The number of carboxylic acid groups (broad SMARTS) is 1. The molecule has 0 rings (SSSR count). The van der Waals surface area contributed by atoms with E-state index in [0.29, 0.717) is 12.5 Å². The molecule has 0 heterocycles. The Morgan fingerprint density at radius 3 is 2.19 bits per heavy atom. The van der Waals surface area contributed by atoms with Crippen molar-refractivity contribution in [3.63, 3.8) is 0 Å². The number of hydrogen-bond donors (Lipinski definition) is 2. The van der Waals surface area contributed by atoms with Crippen LogP contribution in [0.5, 0.6) is 0 Å². The molecule has 1 atom stereocenters. The van der Waals surface area contributed by atoms with Crippen LogP contribution in [-0.2, 0) is 4.79 Å². The first-order chi connectivity index (χ1) is 7.66. The molecule has 3 heteroatoms. The van der Waals surface area contributed by atoms with Gasteiger partial charge in [-0.1, -0.05) is 45.4 Å². The first-order valence-electron chi connectivity index (χ1n) is 6.64. The minimum Gasteiger partial charge on any atom is -0.481 e. The molecular weight excluding hydrogens is 202 g/mol. The highest BCUT2D eigenvalue weighted by atomic mass is 16.4. The zero-order valence-electron chi connectivity index (χ0n) is 10.6. The van der Waals surface area contributed by atoms with Crippen LogP contribution in [0.15, 0.2) is 0 Å². The maximum Gasteiger partial charge on any atom is 0.303 e. The maximum atomic E-state index is 10.3. The molecule has 0 aliphatic carbocycles. The normalized spacial score (nSPS) is 12.6. The molecule has 0 aromatic rings. The Labute approximate surface area is 99.4 Å². The lowest BCUT2D eigenvalue weighted by Crippen LogP contribution is -2.18. The van der Waals surface area contributed by atoms with Crippen molar-refractivity contribution in [2.75, 3.05) is 0 Å². The first-order valence-corrected chi connectivity index (χ1v) is 6.64. The van der Waals surface area contributed by atoms with Gasteiger partial charge in [0.1, 0.15) is 0 Å². The molecule has 0 spiro atoms. The van der Waals surface area contributed by atoms with Gasteiger partial charge in [0.15, 0.2) is 0 Å². The summed E-state index contributed by atoms with van der Waals surface area (Å²) in [6, 6.07) is 0.386. The Kier molecular flexibility index (Phi) is 10.5. The van der Waals surface area contributed by atoms with Gasteiger partial charge in [0.05, 0.1) is 0 Å². The van der Waals surface area contributed by atoms with Crippen LogP contribution in [0.3, 0.4) is 0 Å². The summed E-state index contributed by atoms with van der Waals surface area (Å²) in [5, 5.41) is 8.45. The molecule has 0 aliphatic heterocycles. The summed E-state index contributed by atoms with van der Waals surface area (Å²) in [4.78, 5) is 10.3. The van der Waals surface area contributed by atoms with Crippen molar-refractivity contribution in [1.82, 2.24) is 0 Å². The van der Waals surface area contributed by atoms with E-state index in [1.54, 1.807) is 0 Å². The quantitative estimate of drug-likeness (QED) is 0.534. The third-order valence-corrected chi connectivity index (χ3v) is 2.88. The van der Waals surface area contributed by atoms with Gasteiger partial charge in [0.25, 0.3) is 0 Å². The topological polar surface area (TPSA) is 63.3 Å². The summed E-state index contributed by atoms with van der Waals surface area (Å²) >= 11 is 0. The van der Waals surface area contributed by atoms with E-state index in [2.05, 4.69) is 6.92 Å². The molecule has 0 saturated heterocycles. The molecule has 96 valence electrons. The van der Waals surface area contributed by atoms with E-state index in [1.165, 1.54) is 25.7 Å². The number of nitrogens with two attached hydrogens (primary N) is 1. The molecule has 0 amide bonds. The molecule has 3 nitrogen and oxygen atoms in total. The van der Waals surface area contributed by atoms with Gasteiger partial charge in [-0.2, -0.15) is 0 Å². The minimum absolute atomic E-state index is 0.321. The largest absolute Gasteiger partial charge is 0.481 e. The van der Waals surface area contributed by atoms with Crippen LogP contribution >= 0.6 is 0 Å². The number of carbonyl (C=O) groups is 1. The molecule has 0 saturated carbocycles. The smallest absolute Gasteiger partial charge is 0.303 e. The van der Waals surface area contributed by atoms with E-state index in [0.717, 1.165) is 32.1 Å². The molecule has 0 aromatic carbocycles. The van der Waals surface area contributed by atoms with Crippen molar-refractivity contribution in [1.29, 1.82) is 0 Å². The number of aliphatic carboxylic acids is 1. The molecular formula is C13H27NO2. The van der Waals surface area contributed by atoms with E-state index in [-0.39, 0.29) is 0 Å². The zero-order valence-corrected chi connectivity index (χ0v) is 10.6. The lowest BCUT2D eigenvalue weighted by atomic mass is 10.0. The second-order valence-corrected chi connectivity index (χ2v) is 4.60. The SMILES string of the molecule is CCCC(N)CCCCCCCCC(=O)O. The van der Waals surface area contributed by atoms with E-state index in [4.69, 9.17) is 10.8 Å². The lowest BCUT2D eigenvalue weighted by molar-refractivity contribution is -0.137. The lowest BCUT2D eigenvalue weighted by Gasteiger charge is -2.09. The highest BCUT2D eigenvalue weighted by Crippen LogP contribution is 2.10. The summed E-state index contributed by atoms with van der Waals surface area (Å²) < 4.78 is 0. The summed E-state index contributed by atoms with van der Waals surface area (Å²) in [5.41, 5.74) is 5.91. The van der Waals surface area contributed by atoms with Gasteiger partial charge in [0.2, 0.25) is 0 Å². The summed E-state index contributed by atoms with van der Waals surface area (Å²) in [5.74, 6) is -0.675. The van der Waals surface area contributed by atoms with Gasteiger partial charge in [-0.15, -0.1) is 0 Å². The maximum absolute atomic E-state index is 10.3. The van der Waals surface area contributed by atoms with Crippen molar-refractivity contribution < 1.29 is 9.90 Å². The van der Waals surface area contributed by atoms with Gasteiger partial charge < -0.3 is 10.8 Å². The van der Waals surface area contributed by atoms with Gasteiger partial charge in [0, 0.05) is 12.5 Å². The van der Waals surface area contributed by atoms with Gasteiger partial charge in [-0.05, 0) is 19.3 Å². The molecule has 0 radical (unpaired) electrons. The Balaban J connectivity index is 3.06. The summed E-state index contributed by atoms with van der Waals surface area (Å²) in [6.45, 7) is 2.17. The highest BCUT2D eigenvalue weighted by Gasteiger charge is 2.00. The fourth-order valence-electron chi connectivity index (χ4n) is 1.90. The van der Waals surface area contributed by atoms with Crippen LogP contribution in [-0.4, -0.2) is 17.1 Å². The fourth-order valence-corrected chi connectivity index (χ4v) is 1.90. The van der Waals surface area contributed by atoms with Gasteiger partial charge >= 0.3 is 5.97 Å². The Hall–Kier alpha value is -0.570. The first kappa shape index (κ1) is 15.4. The molecule has 3 N–H and O–H groups in total. The van der Waals surface area contributed by atoms with Crippen LogP contribution < -0.4 is 5.73 Å². The Morgan fingerprint density at radius 1 is 1.06 bits per heavy atom. The standard InChI is InChI=1S/C13H27NO2/c1-2-9-12(14)10-7-5-3-4-6-8-11-13(15)16/h12H,2-11,14H2,1H3,(H,15,16). The molecule has 0 bridgehead atoms. The second kappa shape index (κ2) is 10.9. The highest BCUT2D eigenvalue weighted by molar-refractivity contribution is 5.66. The molecule has 0 aromatic heterocycles. The molecule has 1 unspecified atom stereocenters. The van der Waals surface area contributed by atoms with Gasteiger partial charge in [-0.25, -0.2) is 0 Å². The van der Waals surface area contributed by atoms with Crippen LogP contribution in [0, 0.1) is 0 Å². The fraction of sp³-hybridized carbons (Fsp3) is 0.923. The van der Waals surface area contributed by atoms with Crippen molar-refractivity contribution in [3.8, 4) is 0 Å². The average Bonchev–Trinajstić information content (AvgIpc) is 2.22. The predicted octanol–water partition coefficient (Wildman–Crippen LogP) is 3.32. The Bertz CT molecular complexity index is 171. The van der Waals surface area contributed by atoms with Crippen molar-refractivity contribution >= 4 is 5.97 Å². The number of carboxylic acids is 1. The van der Waals surface area contributed by atoms with E-state index in [9.17, 15) is 4.79 Å². The van der Waals surface area contributed by atoms with Crippen LogP contribution in [0.1, 0.15) is 71.1 Å². The molecule has 0 fully saturated rings. The third kappa shape index (κ3) is 11.5. The number of rotatable bonds is 11. The summed E-state index contributed by atoms with van der Waals surface area (Å²) in [6.07, 6.45) is 10.5. The van der Waals surface area contributed by atoms with Crippen LogP contribution in [0.2, 0.25) is 0 Å². The predicted molar refractivity (Wildman–Crippen MR) is 67.5 cm³/mol.